The third kappa shape index (κ3) is 3.78. The molecular formula is C15H23N3O. The Bertz CT molecular complexity index is 399. The van der Waals surface area contributed by atoms with Gasteiger partial charge in [0.25, 0.3) is 0 Å². The van der Waals surface area contributed by atoms with Crippen LogP contribution in [0.3, 0.4) is 0 Å². The summed E-state index contributed by atoms with van der Waals surface area (Å²) < 4.78 is 0. The minimum absolute atomic E-state index is 0.0744. The Morgan fingerprint density at radius 3 is 2.42 bits per heavy atom. The summed E-state index contributed by atoms with van der Waals surface area (Å²) in [4.78, 5) is 16.8. The van der Waals surface area contributed by atoms with Crippen LogP contribution in [-0.4, -0.2) is 62.5 Å². The van der Waals surface area contributed by atoms with E-state index < -0.39 is 0 Å². The van der Waals surface area contributed by atoms with Gasteiger partial charge in [-0.25, -0.2) is 0 Å². The van der Waals surface area contributed by atoms with E-state index in [0.717, 1.165) is 38.3 Å². The highest BCUT2D eigenvalue weighted by Crippen LogP contribution is 2.18. The molecule has 4 nitrogen and oxygen atoms in total. The fraction of sp³-hybridized carbons (Fsp3) is 0.533. The van der Waals surface area contributed by atoms with E-state index in [9.17, 15) is 4.79 Å². The Hall–Kier alpha value is -1.39. The molecule has 1 unspecified atom stereocenters. The van der Waals surface area contributed by atoms with Gasteiger partial charge in [-0.05, 0) is 12.6 Å². The van der Waals surface area contributed by atoms with E-state index >= 15 is 0 Å². The van der Waals surface area contributed by atoms with Crippen LogP contribution in [0.2, 0.25) is 0 Å². The van der Waals surface area contributed by atoms with Crippen LogP contribution in [0.1, 0.15) is 11.5 Å². The van der Waals surface area contributed by atoms with Gasteiger partial charge in [-0.15, -0.1) is 0 Å². The average Bonchev–Trinajstić information content (AvgIpc) is 2.47. The number of rotatable bonds is 4. The van der Waals surface area contributed by atoms with E-state index in [4.69, 9.17) is 0 Å². The molecule has 1 aliphatic rings. The first-order valence-electron chi connectivity index (χ1n) is 6.88. The number of piperazine rings is 1. The Balaban J connectivity index is 2.05. The maximum atomic E-state index is 12.1. The molecule has 0 spiro atoms. The maximum Gasteiger partial charge on any atom is 0.228 e. The summed E-state index contributed by atoms with van der Waals surface area (Å²) in [6, 6.07) is 10.1. The molecule has 1 fully saturated rings. The summed E-state index contributed by atoms with van der Waals surface area (Å²) in [5.41, 5.74) is 1.10. The molecule has 0 bridgehead atoms. The lowest BCUT2D eigenvalue weighted by Gasteiger charge is -2.34. The van der Waals surface area contributed by atoms with Crippen molar-refractivity contribution in [2.75, 3.05) is 46.8 Å². The maximum absolute atomic E-state index is 12.1. The summed E-state index contributed by atoms with van der Waals surface area (Å²) >= 11 is 0. The van der Waals surface area contributed by atoms with Crippen LogP contribution >= 0.6 is 0 Å². The number of hydrogen-bond donors (Lipinski definition) is 1. The molecule has 1 N–H and O–H groups in total. The van der Waals surface area contributed by atoms with Gasteiger partial charge in [0.05, 0.1) is 5.92 Å². The van der Waals surface area contributed by atoms with Crippen LogP contribution in [0.15, 0.2) is 30.3 Å². The molecule has 1 aromatic carbocycles. The van der Waals surface area contributed by atoms with Crippen molar-refractivity contribution in [3.8, 4) is 0 Å². The molecule has 1 aliphatic heterocycles. The average molecular weight is 261 g/mol. The van der Waals surface area contributed by atoms with Crippen molar-refractivity contribution >= 4 is 5.91 Å². The predicted molar refractivity (Wildman–Crippen MR) is 77.2 cm³/mol. The molecule has 0 aliphatic carbocycles. The Morgan fingerprint density at radius 2 is 1.84 bits per heavy atom. The first-order valence-corrected chi connectivity index (χ1v) is 6.88. The number of nitrogens with one attached hydrogen (secondary N) is 1. The Labute approximate surface area is 115 Å². The molecule has 1 amide bonds. The van der Waals surface area contributed by atoms with Crippen molar-refractivity contribution in [1.82, 2.24) is 15.1 Å². The van der Waals surface area contributed by atoms with Crippen molar-refractivity contribution in [1.29, 1.82) is 0 Å². The zero-order valence-electron chi connectivity index (χ0n) is 11.8. The number of carbonyl (C=O) groups is 1. The second kappa shape index (κ2) is 6.68. The zero-order chi connectivity index (χ0) is 13.7. The largest absolute Gasteiger partial charge is 0.359 e. The normalized spacial score (nSPS) is 19.1. The van der Waals surface area contributed by atoms with Gasteiger partial charge in [0, 0.05) is 39.8 Å². The standard InChI is InChI=1S/C15H23N3O/c1-16-15(19)14(13-6-4-3-5-7-13)12-18-10-8-17(2)9-11-18/h3-7,14H,8-12H2,1-2H3,(H,16,19). The van der Waals surface area contributed by atoms with Crippen LogP contribution in [0.4, 0.5) is 0 Å². The van der Waals surface area contributed by atoms with E-state index in [2.05, 4.69) is 22.2 Å². The van der Waals surface area contributed by atoms with Crippen LogP contribution in [0.5, 0.6) is 0 Å². The molecule has 4 heteroatoms. The lowest BCUT2D eigenvalue weighted by Crippen LogP contribution is -2.47. The minimum atomic E-state index is -0.0744. The molecule has 0 saturated carbocycles. The highest BCUT2D eigenvalue weighted by Gasteiger charge is 2.24. The van der Waals surface area contributed by atoms with Gasteiger partial charge in [0.15, 0.2) is 0 Å². The summed E-state index contributed by atoms with van der Waals surface area (Å²) in [6.45, 7) is 5.04. The molecule has 1 heterocycles. The van der Waals surface area contributed by atoms with Crippen LogP contribution in [0, 0.1) is 0 Å². The molecule has 0 aromatic heterocycles. The van der Waals surface area contributed by atoms with E-state index in [0.29, 0.717) is 0 Å². The second-order valence-electron chi connectivity index (χ2n) is 5.18. The quantitative estimate of drug-likeness (QED) is 0.869. The molecule has 1 aromatic rings. The van der Waals surface area contributed by atoms with Gasteiger partial charge in [0.2, 0.25) is 5.91 Å². The van der Waals surface area contributed by atoms with E-state index in [1.54, 1.807) is 7.05 Å². The van der Waals surface area contributed by atoms with E-state index in [-0.39, 0.29) is 11.8 Å². The van der Waals surface area contributed by atoms with Crippen molar-refractivity contribution in [3.63, 3.8) is 0 Å². The number of likely N-dealkylation sites (N-methyl/N-ethyl adjacent to an activating group) is 2. The molecule has 2 rings (SSSR count). The van der Waals surface area contributed by atoms with Crippen LogP contribution in [0.25, 0.3) is 0 Å². The van der Waals surface area contributed by atoms with Crippen molar-refractivity contribution in [2.45, 2.75) is 5.92 Å². The fourth-order valence-corrected chi connectivity index (χ4v) is 2.49. The molecule has 19 heavy (non-hydrogen) atoms. The summed E-state index contributed by atoms with van der Waals surface area (Å²) in [5.74, 6) is 0.0275. The minimum Gasteiger partial charge on any atom is -0.359 e. The number of benzene rings is 1. The third-order valence-electron chi connectivity index (χ3n) is 3.80. The van der Waals surface area contributed by atoms with Gasteiger partial charge >= 0.3 is 0 Å². The van der Waals surface area contributed by atoms with Gasteiger partial charge in [-0.3, -0.25) is 9.69 Å². The first-order chi connectivity index (χ1) is 9.20. The Kier molecular flexibility index (Phi) is 4.93. The van der Waals surface area contributed by atoms with Gasteiger partial charge in [-0.1, -0.05) is 30.3 Å². The molecule has 1 atom stereocenters. The third-order valence-corrected chi connectivity index (χ3v) is 3.80. The van der Waals surface area contributed by atoms with Gasteiger partial charge in [-0.2, -0.15) is 0 Å². The van der Waals surface area contributed by atoms with Crippen molar-refractivity contribution in [3.05, 3.63) is 35.9 Å². The van der Waals surface area contributed by atoms with Crippen LogP contribution < -0.4 is 5.32 Å². The Morgan fingerprint density at radius 1 is 1.21 bits per heavy atom. The summed E-state index contributed by atoms with van der Waals surface area (Å²) in [7, 11) is 3.85. The summed E-state index contributed by atoms with van der Waals surface area (Å²) in [5, 5.41) is 2.79. The van der Waals surface area contributed by atoms with Crippen molar-refractivity contribution < 1.29 is 4.79 Å². The highest BCUT2D eigenvalue weighted by atomic mass is 16.1. The smallest absolute Gasteiger partial charge is 0.228 e. The van der Waals surface area contributed by atoms with Crippen LogP contribution in [-0.2, 0) is 4.79 Å². The lowest BCUT2D eigenvalue weighted by molar-refractivity contribution is -0.122. The monoisotopic (exact) mass is 261 g/mol. The fourth-order valence-electron chi connectivity index (χ4n) is 2.49. The topological polar surface area (TPSA) is 35.6 Å². The number of amides is 1. The second-order valence-corrected chi connectivity index (χ2v) is 5.18. The SMILES string of the molecule is CNC(=O)C(CN1CCN(C)CC1)c1ccccc1. The molecule has 104 valence electrons. The first kappa shape index (κ1) is 14.0. The van der Waals surface area contributed by atoms with E-state index in [1.165, 1.54) is 0 Å². The number of hydrogen-bond acceptors (Lipinski definition) is 3. The molecule has 1 saturated heterocycles. The number of nitrogens with zero attached hydrogens (tertiary/aromatic N) is 2. The molecule has 0 radical (unpaired) electrons. The lowest BCUT2D eigenvalue weighted by atomic mass is 9.97. The van der Waals surface area contributed by atoms with Crippen molar-refractivity contribution in [2.24, 2.45) is 0 Å². The predicted octanol–water partition coefficient (Wildman–Crippen LogP) is 0.764. The zero-order valence-corrected chi connectivity index (χ0v) is 11.8. The number of carbonyl (C=O) groups excluding carboxylic acids is 1. The molecular weight excluding hydrogens is 238 g/mol. The summed E-state index contributed by atoms with van der Waals surface area (Å²) in [6.07, 6.45) is 0. The van der Waals surface area contributed by atoms with E-state index in [1.807, 2.05) is 30.3 Å². The van der Waals surface area contributed by atoms with Gasteiger partial charge in [0.1, 0.15) is 0 Å². The highest BCUT2D eigenvalue weighted by molar-refractivity contribution is 5.83. The van der Waals surface area contributed by atoms with Gasteiger partial charge < -0.3 is 10.2 Å².